The molecule has 1 aliphatic heterocycles. The van der Waals surface area contributed by atoms with Gasteiger partial charge in [0.2, 0.25) is 0 Å². The lowest BCUT2D eigenvalue weighted by molar-refractivity contribution is 0.108. The van der Waals surface area contributed by atoms with Crippen LogP contribution in [0.15, 0.2) is 52.2 Å². The van der Waals surface area contributed by atoms with Crippen molar-refractivity contribution in [3.05, 3.63) is 74.7 Å². The second kappa shape index (κ2) is 12.0. The molecular formula is C26H29BrClN7O2. The molecule has 0 aliphatic carbocycles. The van der Waals surface area contributed by atoms with E-state index in [0.29, 0.717) is 57.7 Å². The second-order valence-corrected chi connectivity index (χ2v) is 9.82. The Labute approximate surface area is 229 Å². The molecule has 0 saturated carbocycles. The van der Waals surface area contributed by atoms with E-state index >= 15 is 0 Å². The molecule has 3 heterocycles. The monoisotopic (exact) mass is 585 g/mol. The number of nitrogens with zero attached hydrogens (tertiary/aromatic N) is 5. The lowest BCUT2D eigenvalue weighted by atomic mass is 10.1. The first kappa shape index (κ1) is 27.0. The van der Waals surface area contributed by atoms with Gasteiger partial charge in [-0.1, -0.05) is 17.7 Å². The molecule has 3 aromatic rings. The molecule has 4 N–H and O–H groups in total. The van der Waals surface area contributed by atoms with Gasteiger partial charge in [-0.2, -0.15) is 0 Å². The standard InChI is InChI=1S/C26H29BrClN7O2/c1-15-23(24(31-3)20(27)10-29)33-25(34-26(15)35-12-16-5-4-8-32-22(16)13-35)19-9-18(6-7-21(19)28)37-14-17(36)11-30-2/h4-10,17,30,36H,11-14,29H2,1-3H3/t17-/m1/s1. The van der Waals surface area contributed by atoms with E-state index in [-0.39, 0.29) is 6.61 Å². The number of halogens is 2. The number of hydrogen-bond acceptors (Lipinski definition) is 9. The van der Waals surface area contributed by atoms with E-state index in [4.69, 9.17) is 32.0 Å². The van der Waals surface area contributed by atoms with Crippen molar-refractivity contribution >= 4 is 39.1 Å². The van der Waals surface area contributed by atoms with Crippen LogP contribution in [0.4, 0.5) is 5.82 Å². The Bertz CT molecular complexity index is 1320. The molecule has 0 radical (unpaired) electrons. The molecule has 11 heteroatoms. The third-order valence-corrected chi connectivity index (χ3v) is 6.96. The van der Waals surface area contributed by atoms with Crippen molar-refractivity contribution in [2.24, 2.45) is 10.7 Å². The highest BCUT2D eigenvalue weighted by Gasteiger charge is 2.27. The maximum atomic E-state index is 10.0. The number of ether oxygens (including phenoxy) is 1. The van der Waals surface area contributed by atoms with Crippen molar-refractivity contribution < 1.29 is 9.84 Å². The number of rotatable bonds is 9. The van der Waals surface area contributed by atoms with Crippen LogP contribution in [0.2, 0.25) is 5.02 Å². The summed E-state index contributed by atoms with van der Waals surface area (Å²) in [5.74, 6) is 1.72. The quantitative estimate of drug-likeness (QED) is 0.325. The maximum absolute atomic E-state index is 10.0. The van der Waals surface area contributed by atoms with Gasteiger partial charge in [-0.25, -0.2) is 9.97 Å². The normalized spacial score (nSPS) is 14.6. The molecule has 1 aromatic carbocycles. The average molecular weight is 587 g/mol. The fourth-order valence-corrected chi connectivity index (χ4v) is 4.74. The topological polar surface area (TPSA) is 122 Å². The van der Waals surface area contributed by atoms with Crippen LogP contribution in [0.5, 0.6) is 5.75 Å². The summed E-state index contributed by atoms with van der Waals surface area (Å²) in [5, 5.41) is 13.4. The van der Waals surface area contributed by atoms with E-state index in [1.165, 1.54) is 6.20 Å². The lowest BCUT2D eigenvalue weighted by Gasteiger charge is -2.22. The van der Waals surface area contributed by atoms with Gasteiger partial charge in [0.1, 0.15) is 24.3 Å². The number of aliphatic hydroxyl groups excluding tert-OH is 1. The van der Waals surface area contributed by atoms with E-state index in [1.807, 2.05) is 13.0 Å². The molecule has 2 aromatic heterocycles. The molecular weight excluding hydrogens is 558 g/mol. The van der Waals surface area contributed by atoms with E-state index in [9.17, 15) is 5.11 Å². The minimum atomic E-state index is -0.646. The van der Waals surface area contributed by atoms with Crippen molar-refractivity contribution in [1.82, 2.24) is 20.3 Å². The summed E-state index contributed by atoms with van der Waals surface area (Å²) in [4.78, 5) is 21.0. The van der Waals surface area contributed by atoms with Gasteiger partial charge in [0, 0.05) is 43.7 Å². The van der Waals surface area contributed by atoms with Gasteiger partial charge in [-0.05, 0) is 59.7 Å². The minimum Gasteiger partial charge on any atom is -0.491 e. The molecule has 0 fully saturated rings. The fraction of sp³-hybridized carbons (Fsp3) is 0.308. The highest BCUT2D eigenvalue weighted by Crippen LogP contribution is 2.35. The Balaban J connectivity index is 1.81. The number of pyridine rings is 1. The predicted molar refractivity (Wildman–Crippen MR) is 150 cm³/mol. The molecule has 9 nitrogen and oxygen atoms in total. The van der Waals surface area contributed by atoms with Crippen LogP contribution in [-0.2, 0) is 13.1 Å². The van der Waals surface area contributed by atoms with Crippen molar-refractivity contribution in [2.75, 3.05) is 32.1 Å². The lowest BCUT2D eigenvalue weighted by Crippen LogP contribution is -2.29. The molecule has 0 spiro atoms. The third-order valence-electron chi connectivity index (χ3n) is 5.99. The third kappa shape index (κ3) is 5.93. The summed E-state index contributed by atoms with van der Waals surface area (Å²) in [6, 6.07) is 9.29. The highest BCUT2D eigenvalue weighted by atomic mass is 79.9. The summed E-state index contributed by atoms with van der Waals surface area (Å²) in [6.07, 6.45) is 2.60. The van der Waals surface area contributed by atoms with Crippen molar-refractivity contribution in [2.45, 2.75) is 26.1 Å². The van der Waals surface area contributed by atoms with Gasteiger partial charge >= 0.3 is 0 Å². The van der Waals surface area contributed by atoms with E-state index in [0.717, 1.165) is 22.6 Å². The highest BCUT2D eigenvalue weighted by molar-refractivity contribution is 9.12. The van der Waals surface area contributed by atoms with E-state index in [1.54, 1.807) is 38.5 Å². The van der Waals surface area contributed by atoms with Crippen LogP contribution in [0.25, 0.3) is 11.4 Å². The molecule has 37 heavy (non-hydrogen) atoms. The summed E-state index contributed by atoms with van der Waals surface area (Å²) < 4.78 is 6.42. The van der Waals surface area contributed by atoms with Crippen molar-refractivity contribution in [3.8, 4) is 17.1 Å². The van der Waals surface area contributed by atoms with Crippen LogP contribution in [0.1, 0.15) is 22.5 Å². The van der Waals surface area contributed by atoms with E-state index < -0.39 is 6.10 Å². The number of nitrogens with one attached hydrogen (secondary N) is 1. The Hall–Kier alpha value is -3.05. The van der Waals surface area contributed by atoms with Gasteiger partial charge in [0.25, 0.3) is 0 Å². The van der Waals surface area contributed by atoms with Gasteiger partial charge in [-0.15, -0.1) is 0 Å². The van der Waals surface area contributed by atoms with Gasteiger partial charge in [0.05, 0.1) is 33.1 Å². The summed E-state index contributed by atoms with van der Waals surface area (Å²) in [7, 11) is 3.46. The largest absolute Gasteiger partial charge is 0.491 e. The maximum Gasteiger partial charge on any atom is 0.163 e. The second-order valence-electron chi connectivity index (χ2n) is 8.56. The zero-order valence-corrected chi connectivity index (χ0v) is 23.2. The molecule has 0 saturated heterocycles. The zero-order valence-electron chi connectivity index (χ0n) is 20.9. The van der Waals surface area contributed by atoms with E-state index in [2.05, 4.69) is 42.2 Å². The number of allylic oxidation sites excluding steroid dienone is 1. The molecule has 194 valence electrons. The number of nitrogens with two attached hydrogens (primary N) is 1. The molecule has 0 unspecified atom stereocenters. The predicted octanol–water partition coefficient (Wildman–Crippen LogP) is 3.59. The molecule has 0 amide bonds. The smallest absolute Gasteiger partial charge is 0.163 e. The van der Waals surface area contributed by atoms with Crippen LogP contribution >= 0.6 is 27.5 Å². The number of likely N-dealkylation sites (N-methyl/N-ethyl adjacent to an activating group) is 1. The first-order chi connectivity index (χ1) is 17.9. The van der Waals surface area contributed by atoms with Crippen LogP contribution in [0.3, 0.4) is 0 Å². The number of anilines is 1. The minimum absolute atomic E-state index is 0.132. The SMILES string of the molecule is CN=C(C(Br)=CN)c1nc(-c2cc(OC[C@H](O)CNC)ccc2Cl)nc(N2Cc3cccnc3C2)c1C. The molecule has 4 rings (SSSR count). The number of aliphatic hydroxyl groups is 1. The summed E-state index contributed by atoms with van der Waals surface area (Å²) in [5.41, 5.74) is 10.7. The van der Waals surface area contributed by atoms with Crippen LogP contribution in [0, 0.1) is 6.92 Å². The first-order valence-corrected chi connectivity index (χ1v) is 12.9. The van der Waals surface area contributed by atoms with Gasteiger partial charge in [-0.3, -0.25) is 9.98 Å². The number of fused-ring (bicyclic) bond motifs is 1. The molecule has 1 aliphatic rings. The first-order valence-electron chi connectivity index (χ1n) is 11.7. The number of aliphatic imine (C=N–C) groups is 1. The average Bonchev–Trinajstić information content (AvgIpc) is 3.33. The van der Waals surface area contributed by atoms with Crippen molar-refractivity contribution in [3.63, 3.8) is 0 Å². The van der Waals surface area contributed by atoms with Crippen molar-refractivity contribution in [1.29, 1.82) is 0 Å². The zero-order chi connectivity index (χ0) is 26.5. The Kier molecular flexibility index (Phi) is 8.75. The number of hydrogen-bond donors (Lipinski definition) is 3. The molecule has 0 bridgehead atoms. The van der Waals surface area contributed by atoms with Gasteiger partial charge < -0.3 is 25.8 Å². The van der Waals surface area contributed by atoms with Crippen LogP contribution in [-0.4, -0.2) is 59.1 Å². The Morgan fingerprint density at radius 3 is 2.86 bits per heavy atom. The number of aromatic nitrogens is 3. The Morgan fingerprint density at radius 2 is 2.16 bits per heavy atom. The number of benzene rings is 1. The summed E-state index contributed by atoms with van der Waals surface area (Å²) in [6.45, 7) is 3.82. The Morgan fingerprint density at radius 1 is 1.35 bits per heavy atom. The fourth-order valence-electron chi connectivity index (χ4n) is 4.17. The molecule has 1 atom stereocenters. The summed E-state index contributed by atoms with van der Waals surface area (Å²) >= 11 is 10.1. The van der Waals surface area contributed by atoms with Gasteiger partial charge in [0.15, 0.2) is 5.82 Å². The van der Waals surface area contributed by atoms with Crippen LogP contribution < -0.4 is 20.7 Å².